The maximum atomic E-state index is 14.6. The maximum Gasteiger partial charge on any atom is 0.494 e. The highest BCUT2D eigenvalue weighted by Crippen LogP contribution is 2.51. The zero-order valence-electron chi connectivity index (χ0n) is 26.4. The first kappa shape index (κ1) is 28.8. The molecule has 7 rings (SSSR count). The van der Waals surface area contributed by atoms with E-state index in [1.54, 1.807) is 0 Å². The third kappa shape index (κ3) is 4.48. The van der Waals surface area contributed by atoms with Gasteiger partial charge in [0, 0.05) is 44.0 Å². The summed E-state index contributed by atoms with van der Waals surface area (Å²) in [6.45, 7) is 17.2. The largest absolute Gasteiger partial charge is 0.494 e. The Labute approximate surface area is 251 Å². The Morgan fingerprint density at radius 3 is 2.21 bits per heavy atom. The normalized spacial score (nSPS) is 33.0. The summed E-state index contributed by atoms with van der Waals surface area (Å²) in [6, 6.07) is 7.16. The fourth-order valence-corrected chi connectivity index (χ4v) is 8.20. The first-order chi connectivity index (χ1) is 19.8. The van der Waals surface area contributed by atoms with Gasteiger partial charge in [-0.1, -0.05) is 26.0 Å². The van der Waals surface area contributed by atoms with Crippen LogP contribution in [0.15, 0.2) is 18.2 Å². The Morgan fingerprint density at radius 1 is 0.929 bits per heavy atom. The molecule has 4 saturated heterocycles. The van der Waals surface area contributed by atoms with Crippen molar-refractivity contribution in [3.8, 4) is 0 Å². The molecule has 6 aliphatic rings. The predicted molar refractivity (Wildman–Crippen MR) is 163 cm³/mol. The van der Waals surface area contributed by atoms with Crippen molar-refractivity contribution in [2.75, 3.05) is 37.7 Å². The highest BCUT2D eigenvalue weighted by Gasteiger charge is 2.57. The average molecular weight is 578 g/mol. The van der Waals surface area contributed by atoms with E-state index < -0.39 is 23.7 Å². The van der Waals surface area contributed by atoms with Gasteiger partial charge in [0.25, 0.3) is 5.91 Å². The molecular weight excluding hydrogens is 529 g/mol. The summed E-state index contributed by atoms with van der Waals surface area (Å²) in [7, 11) is -0.472. The molecule has 5 fully saturated rings. The molecule has 228 valence electrons. The Morgan fingerprint density at radius 2 is 1.62 bits per heavy atom. The number of carbonyl (C=O) groups is 2. The summed E-state index contributed by atoms with van der Waals surface area (Å²) >= 11 is 0. The van der Waals surface area contributed by atoms with E-state index in [1.165, 1.54) is 6.42 Å². The van der Waals surface area contributed by atoms with Gasteiger partial charge in [0.2, 0.25) is 5.91 Å². The number of piperidine rings is 1. The van der Waals surface area contributed by atoms with Gasteiger partial charge in [0.05, 0.1) is 16.6 Å². The van der Waals surface area contributed by atoms with Gasteiger partial charge in [-0.3, -0.25) is 14.5 Å². The maximum absolute atomic E-state index is 14.6. The van der Waals surface area contributed by atoms with Gasteiger partial charge in [-0.15, -0.1) is 0 Å². The molecule has 9 heteroatoms. The van der Waals surface area contributed by atoms with Gasteiger partial charge in [-0.25, -0.2) is 0 Å². The number of hydrogen-bond acceptors (Lipinski definition) is 6. The van der Waals surface area contributed by atoms with Crippen molar-refractivity contribution < 1.29 is 23.6 Å². The van der Waals surface area contributed by atoms with Gasteiger partial charge in [-0.05, 0) is 102 Å². The lowest BCUT2D eigenvalue weighted by molar-refractivity contribution is -0.144. The highest BCUT2D eigenvalue weighted by molar-refractivity contribution is 6.62. The van der Waals surface area contributed by atoms with Crippen LogP contribution in [0.5, 0.6) is 0 Å². The zero-order valence-corrected chi connectivity index (χ0v) is 26.4. The molecule has 1 aromatic rings. The standard InChI is InChI=1S/C33H48BN3O5/c1-30(2)11-14-36(21-30)23-19-24(20-23)37-26-18-22(34-41-31(3,4)32(5,6)42-34)9-10-25(26)33(29(37)39)12-15-35(16-13-33)28(38)27-8-7-17-40-27/h9-10,18,23-24,27H,7-8,11-17,19-21H2,1-6H3/t23-,24+,27-/m0/s1. The number of ether oxygens (including phenoxy) is 1. The van der Waals surface area contributed by atoms with Crippen LogP contribution in [0, 0.1) is 5.41 Å². The van der Waals surface area contributed by atoms with E-state index in [4.69, 9.17) is 14.0 Å². The van der Waals surface area contributed by atoms with E-state index in [0.29, 0.717) is 44.0 Å². The molecule has 0 N–H and O–H groups in total. The molecule has 0 unspecified atom stereocenters. The number of nitrogens with zero attached hydrogens (tertiary/aromatic N) is 3. The fraction of sp³-hybridized carbons (Fsp3) is 0.758. The predicted octanol–water partition coefficient (Wildman–Crippen LogP) is 3.63. The van der Waals surface area contributed by atoms with Crippen LogP contribution < -0.4 is 10.4 Å². The lowest BCUT2D eigenvalue weighted by Crippen LogP contribution is -2.58. The molecule has 1 spiro atoms. The van der Waals surface area contributed by atoms with E-state index >= 15 is 0 Å². The van der Waals surface area contributed by atoms with E-state index in [9.17, 15) is 9.59 Å². The topological polar surface area (TPSA) is 71.6 Å². The lowest BCUT2D eigenvalue weighted by Gasteiger charge is -2.46. The monoisotopic (exact) mass is 577 g/mol. The Kier molecular flexibility index (Phi) is 6.71. The van der Waals surface area contributed by atoms with Gasteiger partial charge in [-0.2, -0.15) is 0 Å². The summed E-state index contributed by atoms with van der Waals surface area (Å²) in [5, 5.41) is 0. The van der Waals surface area contributed by atoms with Crippen LogP contribution in [0.3, 0.4) is 0 Å². The van der Waals surface area contributed by atoms with E-state index in [1.807, 2.05) is 4.90 Å². The molecule has 1 saturated carbocycles. The molecule has 1 aliphatic carbocycles. The molecular formula is C33H48BN3O5. The number of carbonyl (C=O) groups excluding carboxylic acids is 2. The van der Waals surface area contributed by atoms with Crippen LogP contribution in [0.1, 0.15) is 92.1 Å². The number of rotatable bonds is 4. The quantitative estimate of drug-likeness (QED) is 0.510. The Hall–Kier alpha value is -1.94. The van der Waals surface area contributed by atoms with Crippen molar-refractivity contribution in [1.82, 2.24) is 9.80 Å². The molecule has 5 aliphatic heterocycles. The second kappa shape index (κ2) is 9.78. The van der Waals surface area contributed by atoms with Gasteiger partial charge in [0.1, 0.15) is 6.10 Å². The number of hydrogen-bond donors (Lipinski definition) is 0. The second-order valence-electron chi connectivity index (χ2n) is 15.6. The van der Waals surface area contributed by atoms with Crippen LogP contribution in [-0.2, 0) is 29.0 Å². The number of fused-ring (bicyclic) bond motifs is 2. The smallest absolute Gasteiger partial charge is 0.399 e. The van der Waals surface area contributed by atoms with Crippen LogP contribution in [0.2, 0.25) is 0 Å². The Bertz CT molecular complexity index is 1240. The van der Waals surface area contributed by atoms with Crippen LogP contribution in [0.25, 0.3) is 0 Å². The van der Waals surface area contributed by atoms with Gasteiger partial charge >= 0.3 is 7.12 Å². The molecule has 0 radical (unpaired) electrons. The summed E-state index contributed by atoms with van der Waals surface area (Å²) in [4.78, 5) is 34.4. The molecule has 0 bridgehead atoms. The number of benzene rings is 1. The first-order valence-electron chi connectivity index (χ1n) is 16.3. The summed E-state index contributed by atoms with van der Waals surface area (Å²) in [5.41, 5.74) is 2.03. The van der Waals surface area contributed by atoms with Crippen molar-refractivity contribution >= 4 is 30.1 Å². The fourth-order valence-electron chi connectivity index (χ4n) is 8.20. The summed E-state index contributed by atoms with van der Waals surface area (Å²) < 4.78 is 18.5. The van der Waals surface area contributed by atoms with Gasteiger partial charge < -0.3 is 23.8 Å². The molecule has 8 nitrogen and oxygen atoms in total. The minimum absolute atomic E-state index is 0.0938. The number of amides is 2. The number of anilines is 1. The molecule has 5 heterocycles. The Balaban J connectivity index is 1.16. The molecule has 1 atom stereocenters. The second-order valence-corrected chi connectivity index (χ2v) is 15.6. The average Bonchev–Trinajstić information content (AvgIpc) is 3.66. The first-order valence-corrected chi connectivity index (χ1v) is 16.3. The molecule has 0 aromatic heterocycles. The third-order valence-electron chi connectivity index (χ3n) is 11.8. The summed E-state index contributed by atoms with van der Waals surface area (Å²) in [5.74, 6) is 0.314. The van der Waals surface area contributed by atoms with Crippen LogP contribution >= 0.6 is 0 Å². The summed E-state index contributed by atoms with van der Waals surface area (Å²) in [6.07, 6.45) is 6.00. The zero-order chi connectivity index (χ0) is 29.7. The minimum Gasteiger partial charge on any atom is -0.399 e. The van der Waals surface area contributed by atoms with Gasteiger partial charge in [0.15, 0.2) is 0 Å². The van der Waals surface area contributed by atoms with Crippen molar-refractivity contribution in [2.45, 2.75) is 121 Å². The van der Waals surface area contributed by atoms with Crippen molar-refractivity contribution in [1.29, 1.82) is 0 Å². The van der Waals surface area contributed by atoms with E-state index in [-0.39, 0.29) is 24.0 Å². The molecule has 2 amide bonds. The highest BCUT2D eigenvalue weighted by atomic mass is 16.7. The molecule has 1 aromatic carbocycles. The van der Waals surface area contributed by atoms with E-state index in [2.05, 4.69) is 69.5 Å². The van der Waals surface area contributed by atoms with Crippen molar-refractivity contribution in [3.05, 3.63) is 23.8 Å². The minimum atomic E-state index is -0.585. The molecule has 42 heavy (non-hydrogen) atoms. The van der Waals surface area contributed by atoms with E-state index in [0.717, 1.165) is 55.5 Å². The number of likely N-dealkylation sites (tertiary alicyclic amines) is 2. The lowest BCUT2D eigenvalue weighted by atomic mass is 9.71. The van der Waals surface area contributed by atoms with Crippen LogP contribution in [-0.4, -0.2) is 90.9 Å². The third-order valence-corrected chi connectivity index (χ3v) is 11.8. The van der Waals surface area contributed by atoms with Crippen LogP contribution in [0.4, 0.5) is 5.69 Å². The van der Waals surface area contributed by atoms with Crippen molar-refractivity contribution in [3.63, 3.8) is 0 Å². The SMILES string of the molecule is CC1(C)CCN([C@H]2C[C@@H](N3C(=O)C4(CCN(C(=O)[C@@H]5CCCO5)CC4)c4ccc(B5OC(C)(C)C(C)(C)O5)cc43)C2)C1. The van der Waals surface area contributed by atoms with Crippen molar-refractivity contribution in [2.24, 2.45) is 5.41 Å².